The third-order valence-electron chi connectivity index (χ3n) is 3.93. The Morgan fingerprint density at radius 3 is 2.64 bits per heavy atom. The minimum Gasteiger partial charge on any atom is -0.667 e. The van der Waals surface area contributed by atoms with Crippen molar-refractivity contribution in [2.75, 3.05) is 31.6 Å². The van der Waals surface area contributed by atoms with E-state index in [9.17, 15) is 9.00 Å². The smallest absolute Gasteiger partial charge is 0.0648 e. The first-order valence-corrected chi connectivity index (χ1v) is 8.85. The fraction of sp³-hybridized carbons (Fsp3) is 0.533. The molecule has 4 nitrogen and oxygen atoms in total. The molecule has 0 bridgehead atoms. The maximum Gasteiger partial charge on any atom is 0.0648 e. The maximum absolute atomic E-state index is 12.0. The number of likely N-dealkylation sites (tertiary alicyclic amines) is 1. The molecule has 1 amide bonds. The van der Waals surface area contributed by atoms with Crippen molar-refractivity contribution in [3.8, 4) is 0 Å². The second kappa shape index (κ2) is 9.68. The molecule has 1 aliphatic heterocycles. The molecule has 0 saturated carbocycles. The number of nitrogens with zero attached hydrogens (tertiary/aromatic N) is 1. The minimum absolute atomic E-state index is 0. The van der Waals surface area contributed by atoms with Crippen molar-refractivity contribution in [2.45, 2.75) is 12.3 Å². The Balaban J connectivity index is 0.00000242. The topological polar surface area (TPSA) is 61.2 Å². The van der Waals surface area contributed by atoms with E-state index in [1.807, 2.05) is 24.3 Å². The molecule has 0 aromatic heterocycles. The summed E-state index contributed by atoms with van der Waals surface area (Å²) >= 11 is 5.94. The summed E-state index contributed by atoms with van der Waals surface area (Å²) in [6.45, 7) is 1.87. The van der Waals surface area contributed by atoms with Gasteiger partial charge < -0.3 is 15.4 Å². The largest absolute Gasteiger partial charge is 0.667 e. The van der Waals surface area contributed by atoms with Gasteiger partial charge in [0.05, 0.1) is 11.7 Å². The van der Waals surface area contributed by atoms with Crippen LogP contribution in [0.1, 0.15) is 17.9 Å². The van der Waals surface area contributed by atoms with E-state index in [0.29, 0.717) is 16.7 Å². The number of rotatable bonds is 5. The molecule has 1 aromatic carbocycles. The van der Waals surface area contributed by atoms with Gasteiger partial charge in [-0.1, -0.05) is 23.7 Å². The molecule has 1 fully saturated rings. The van der Waals surface area contributed by atoms with E-state index < -0.39 is 16.7 Å². The van der Waals surface area contributed by atoms with Crippen LogP contribution in [-0.4, -0.2) is 46.7 Å². The molecular weight excluding hydrogens is 449 g/mol. The minimum atomic E-state index is -1.25. The van der Waals surface area contributed by atoms with Crippen LogP contribution in [0.4, 0.5) is 0 Å². The van der Waals surface area contributed by atoms with Gasteiger partial charge in [0.25, 0.3) is 0 Å². The van der Waals surface area contributed by atoms with Crippen molar-refractivity contribution in [1.82, 2.24) is 4.90 Å². The van der Waals surface area contributed by atoms with E-state index in [2.05, 4.69) is 11.9 Å². The van der Waals surface area contributed by atoms with Gasteiger partial charge in [-0.3, -0.25) is 4.21 Å². The van der Waals surface area contributed by atoms with Crippen LogP contribution in [0.5, 0.6) is 0 Å². The number of amides is 1. The summed E-state index contributed by atoms with van der Waals surface area (Å²) in [6.07, 6.45) is 1.01. The number of hydrogen-bond acceptors (Lipinski definition) is 3. The van der Waals surface area contributed by atoms with Gasteiger partial charge in [0.1, 0.15) is 0 Å². The molecule has 22 heavy (non-hydrogen) atoms. The van der Waals surface area contributed by atoms with Gasteiger partial charge in [0.2, 0.25) is 0 Å². The predicted octanol–water partition coefficient (Wildman–Crippen LogP) is 2.70. The molecule has 1 heterocycles. The van der Waals surface area contributed by atoms with Gasteiger partial charge in [-0.05, 0) is 49.5 Å². The van der Waals surface area contributed by atoms with E-state index in [0.717, 1.165) is 19.5 Å². The third-order valence-corrected chi connectivity index (χ3v) is 5.56. The number of piperidine rings is 1. The van der Waals surface area contributed by atoms with Crippen LogP contribution in [0, 0.1) is 47.2 Å². The molecule has 0 aliphatic carbocycles. The average molecular weight is 469 g/mol. The summed E-state index contributed by atoms with van der Waals surface area (Å²) in [7, 11) is 0.808. The van der Waals surface area contributed by atoms with E-state index in [1.54, 1.807) is 0 Å². The number of nitrogens with one attached hydrogen (secondary N) is 1. The van der Waals surface area contributed by atoms with Gasteiger partial charge in [-0.15, -0.1) is 0 Å². The predicted molar refractivity (Wildman–Crippen MR) is 87.0 cm³/mol. The van der Waals surface area contributed by atoms with Gasteiger partial charge in [-0.2, -0.15) is 0 Å². The summed E-state index contributed by atoms with van der Waals surface area (Å²) < 4.78 is 12.0. The first kappa shape index (κ1) is 20.5. The first-order valence-electron chi connectivity index (χ1n) is 6.99. The molecule has 1 radical (unpaired) electrons. The molecule has 1 N–H and O–H groups in total. The molecule has 3 atom stereocenters. The third kappa shape index (κ3) is 6.16. The molecule has 1 aliphatic rings. The molecule has 1 unspecified atom stereocenters. The Kier molecular flexibility index (Phi) is 9.02. The number of carbonyl (C=O) groups is 1. The Labute approximate surface area is 172 Å². The standard InChI is InChI=1S/C15H21ClN2O2S.Pr/c1-18-7-6-14(11-2-4-13(16)5-3-11)12(8-18)9-21(20)10-15(17)19;/h2-5,12,14H,6-10H2,1H3,(H2,17,19);/p-1/t12-,14-,21?;/m1./s1. The van der Waals surface area contributed by atoms with Crippen LogP contribution in [-0.2, 0) is 15.6 Å². The Morgan fingerprint density at radius 2 is 2.05 bits per heavy atom. The Bertz CT molecular complexity index is 527. The monoisotopic (exact) mass is 468 g/mol. The molecule has 1 aromatic rings. The zero-order valence-electron chi connectivity index (χ0n) is 12.6. The van der Waals surface area contributed by atoms with Gasteiger partial charge in [0.15, 0.2) is 0 Å². The Hall–Kier alpha value is 0.454. The summed E-state index contributed by atoms with van der Waals surface area (Å²) in [5.41, 5.74) is 8.16. The van der Waals surface area contributed by atoms with Crippen LogP contribution < -0.4 is 0 Å². The van der Waals surface area contributed by atoms with Crippen molar-refractivity contribution >= 4 is 28.3 Å². The molecule has 1 saturated heterocycles. The van der Waals surface area contributed by atoms with Crippen LogP contribution in [0.2, 0.25) is 5.02 Å². The quantitative estimate of drug-likeness (QED) is 0.668. The zero-order valence-corrected chi connectivity index (χ0v) is 17.9. The second-order valence-corrected chi connectivity index (χ2v) is 7.58. The summed E-state index contributed by atoms with van der Waals surface area (Å²) in [5, 5.41) is 0.714. The average Bonchev–Trinajstić information content (AvgIpc) is 2.39. The molecule has 2 rings (SSSR count). The first-order chi connectivity index (χ1) is 9.95. The molecule has 119 valence electrons. The normalized spacial score (nSPS) is 23.5. The van der Waals surface area contributed by atoms with E-state index in [4.69, 9.17) is 17.3 Å². The summed E-state index contributed by atoms with van der Waals surface area (Å²) in [6, 6.07) is 7.83. The number of carbonyl (C=O) groups excluding carboxylic acids is 1. The van der Waals surface area contributed by atoms with Crippen molar-refractivity contribution in [3.05, 3.63) is 40.6 Å². The number of benzene rings is 1. The van der Waals surface area contributed by atoms with Crippen molar-refractivity contribution < 1.29 is 50.3 Å². The molecular formula is C15H20ClN2O2PrS-. The van der Waals surface area contributed by atoms with Crippen LogP contribution in [0.15, 0.2) is 24.3 Å². The number of halogens is 1. The van der Waals surface area contributed by atoms with Crippen LogP contribution in [0.3, 0.4) is 0 Å². The fourth-order valence-electron chi connectivity index (χ4n) is 2.98. The maximum atomic E-state index is 12.0. The van der Waals surface area contributed by atoms with Gasteiger partial charge in [-0.25, -0.2) is 0 Å². The van der Waals surface area contributed by atoms with Gasteiger partial charge in [0, 0.05) is 69.4 Å². The SMILES string of the molecule is CN1CC[C@H](c2ccc(Cl)cc2)[C@@H](CS(=O)CC([NH-])=O)C1.[Pr]. The van der Waals surface area contributed by atoms with E-state index in [-0.39, 0.29) is 53.0 Å². The van der Waals surface area contributed by atoms with Crippen LogP contribution in [0.25, 0.3) is 5.73 Å². The van der Waals surface area contributed by atoms with E-state index >= 15 is 0 Å². The van der Waals surface area contributed by atoms with Crippen molar-refractivity contribution in [2.24, 2.45) is 5.92 Å². The zero-order chi connectivity index (χ0) is 15.4. The summed E-state index contributed by atoms with van der Waals surface area (Å²) in [5.74, 6) is 0.143. The van der Waals surface area contributed by atoms with Crippen LogP contribution >= 0.6 is 11.6 Å². The Morgan fingerprint density at radius 1 is 1.41 bits per heavy atom. The van der Waals surface area contributed by atoms with Crippen molar-refractivity contribution in [1.29, 1.82) is 0 Å². The van der Waals surface area contributed by atoms with Gasteiger partial charge >= 0.3 is 0 Å². The molecule has 0 spiro atoms. The number of hydrogen-bond donors (Lipinski definition) is 0. The van der Waals surface area contributed by atoms with Crippen molar-refractivity contribution in [3.63, 3.8) is 0 Å². The summed E-state index contributed by atoms with van der Waals surface area (Å²) in [4.78, 5) is 13.0. The fourth-order valence-corrected chi connectivity index (χ4v) is 4.33. The molecule has 7 heteroatoms. The van der Waals surface area contributed by atoms with E-state index in [1.165, 1.54) is 5.56 Å². The second-order valence-electron chi connectivity index (χ2n) is 5.64.